The Morgan fingerprint density at radius 2 is 2.83 bits per heavy atom. The molecule has 0 N–H and O–H groups in total. The predicted molar refractivity (Wildman–Crippen MR) is 26.8 cm³/mol. The zero-order chi connectivity index (χ0) is 4.41. The van der Waals surface area contributed by atoms with Crippen LogP contribution in [0.25, 0.3) is 0 Å². The predicted octanol–water partition coefficient (Wildman–Crippen LogP) is 0.720. The Kier molecular flexibility index (Phi) is 0.837. The van der Waals surface area contributed by atoms with Gasteiger partial charge in [0.05, 0.1) is 12.6 Å². The first-order valence-corrected chi connectivity index (χ1v) is 2.02. The number of thiocarbonyl (C=S) groups is 1. The van der Waals surface area contributed by atoms with E-state index in [-0.39, 0.29) is 0 Å². The third-order valence-electron chi connectivity index (χ3n) is 0.487. The smallest absolute Gasteiger partial charge is 0.203 e. The van der Waals surface area contributed by atoms with Crippen molar-refractivity contribution in [3.63, 3.8) is 0 Å². The molecule has 0 saturated heterocycles. The molecule has 0 fully saturated rings. The molecule has 1 rings (SSSR count). The zero-order valence-electron chi connectivity index (χ0n) is 3.05. The fraction of sp³-hybridized carbons (Fsp3) is 0.333. The van der Waals surface area contributed by atoms with E-state index in [2.05, 4.69) is 22.2 Å². The highest BCUT2D eigenvalue weighted by Crippen LogP contribution is 1.94. The Balaban J connectivity index is 2.52. The van der Waals surface area contributed by atoms with Gasteiger partial charge in [0.1, 0.15) is 0 Å². The van der Waals surface area contributed by atoms with Gasteiger partial charge in [-0.3, -0.25) is 0 Å². The maximum absolute atomic E-state index is 4.57. The summed E-state index contributed by atoms with van der Waals surface area (Å²) in [4.78, 5) is 4.45. The first kappa shape index (κ1) is 3.74. The Labute approximate surface area is 40.8 Å². The van der Waals surface area contributed by atoms with Crippen LogP contribution in [0, 0.1) is 0 Å². The summed E-state index contributed by atoms with van der Waals surface area (Å²) in [5.74, 6) is 0. The molecule has 6 heavy (non-hydrogen) atoms. The van der Waals surface area contributed by atoms with Crippen LogP contribution in [-0.2, 0) is 4.84 Å². The summed E-state index contributed by atoms with van der Waals surface area (Å²) in [6.45, 7) is 0. The number of rotatable bonds is 0. The monoisotopic (exact) mass is 101 g/mol. The molecule has 0 aromatic carbocycles. The van der Waals surface area contributed by atoms with Crippen molar-refractivity contribution in [1.82, 2.24) is 0 Å². The molecular weight excluding hydrogens is 98.1 g/mol. The summed E-state index contributed by atoms with van der Waals surface area (Å²) < 4.78 is 0. The van der Waals surface area contributed by atoms with E-state index in [1.165, 1.54) is 0 Å². The van der Waals surface area contributed by atoms with Gasteiger partial charge in [-0.15, -0.1) is 0 Å². The minimum absolute atomic E-state index is 0.565. The molecule has 1 aliphatic rings. The topological polar surface area (TPSA) is 21.6 Å². The molecule has 0 aromatic rings. The van der Waals surface area contributed by atoms with E-state index >= 15 is 0 Å². The van der Waals surface area contributed by atoms with E-state index in [4.69, 9.17) is 0 Å². The quantitative estimate of drug-likeness (QED) is 0.419. The number of hydrogen-bond acceptors (Lipinski definition) is 3. The van der Waals surface area contributed by atoms with Gasteiger partial charge < -0.3 is 4.84 Å². The average molecular weight is 101 g/mol. The van der Waals surface area contributed by atoms with Crippen molar-refractivity contribution >= 4 is 23.5 Å². The van der Waals surface area contributed by atoms with Gasteiger partial charge in [0.15, 0.2) is 0 Å². The molecule has 0 aromatic heterocycles. The molecular formula is C3H3NOS. The van der Waals surface area contributed by atoms with Crippen LogP contribution >= 0.6 is 12.2 Å². The largest absolute Gasteiger partial charge is 0.350 e. The summed E-state index contributed by atoms with van der Waals surface area (Å²) in [7, 11) is 0. The van der Waals surface area contributed by atoms with Crippen molar-refractivity contribution in [1.29, 1.82) is 0 Å². The van der Waals surface area contributed by atoms with Crippen LogP contribution in [0.5, 0.6) is 0 Å². The molecule has 0 amide bonds. The Hall–Kier alpha value is -0.440. The lowest BCUT2D eigenvalue weighted by atomic mass is 10.5. The van der Waals surface area contributed by atoms with Gasteiger partial charge in [-0.05, 0) is 12.2 Å². The molecule has 1 heterocycles. The molecule has 32 valence electrons. The van der Waals surface area contributed by atoms with Gasteiger partial charge in [-0.25, -0.2) is 0 Å². The lowest BCUT2D eigenvalue weighted by Gasteiger charge is -1.79. The van der Waals surface area contributed by atoms with Crippen molar-refractivity contribution in [3.05, 3.63) is 0 Å². The second-order valence-corrected chi connectivity index (χ2v) is 1.41. The summed E-state index contributed by atoms with van der Waals surface area (Å²) >= 11 is 4.57. The molecule has 0 radical (unpaired) electrons. The third-order valence-corrected chi connectivity index (χ3v) is 0.728. The Morgan fingerprint density at radius 3 is 3.00 bits per heavy atom. The maximum Gasteiger partial charge on any atom is 0.203 e. The standard InChI is InChI=1S/C3H3NOS/c6-3-1-2-4-5-3/h2H,1H2. The summed E-state index contributed by atoms with van der Waals surface area (Å²) in [6, 6.07) is 0. The van der Waals surface area contributed by atoms with E-state index in [9.17, 15) is 0 Å². The second kappa shape index (κ2) is 1.34. The maximum atomic E-state index is 4.57. The molecule has 2 nitrogen and oxygen atoms in total. The molecule has 0 spiro atoms. The second-order valence-electron chi connectivity index (χ2n) is 0.955. The van der Waals surface area contributed by atoms with Crippen LogP contribution in [-0.4, -0.2) is 11.3 Å². The van der Waals surface area contributed by atoms with Crippen molar-refractivity contribution in [2.24, 2.45) is 5.16 Å². The summed E-state index contributed by atoms with van der Waals surface area (Å²) in [5.41, 5.74) is 0. The summed E-state index contributed by atoms with van der Waals surface area (Å²) in [5, 5.41) is 3.96. The molecule has 0 unspecified atom stereocenters. The van der Waals surface area contributed by atoms with Crippen LogP contribution in [0.1, 0.15) is 6.42 Å². The van der Waals surface area contributed by atoms with Crippen LogP contribution in [0.4, 0.5) is 0 Å². The third kappa shape index (κ3) is 0.542. The van der Waals surface area contributed by atoms with Gasteiger partial charge in [0.25, 0.3) is 0 Å². The van der Waals surface area contributed by atoms with E-state index < -0.39 is 0 Å². The van der Waals surface area contributed by atoms with Crippen molar-refractivity contribution in [3.8, 4) is 0 Å². The van der Waals surface area contributed by atoms with Gasteiger partial charge >= 0.3 is 0 Å². The highest BCUT2D eigenvalue weighted by Gasteiger charge is 1.98. The number of oxime groups is 1. The van der Waals surface area contributed by atoms with Gasteiger partial charge in [-0.2, -0.15) is 0 Å². The van der Waals surface area contributed by atoms with Crippen molar-refractivity contribution in [2.45, 2.75) is 6.42 Å². The van der Waals surface area contributed by atoms with Gasteiger partial charge in [0.2, 0.25) is 5.05 Å². The highest BCUT2D eigenvalue weighted by atomic mass is 32.1. The van der Waals surface area contributed by atoms with Crippen LogP contribution in [0.15, 0.2) is 5.16 Å². The summed E-state index contributed by atoms with van der Waals surface area (Å²) in [6.07, 6.45) is 2.34. The fourth-order valence-corrected chi connectivity index (χ4v) is 0.363. The van der Waals surface area contributed by atoms with Crippen LogP contribution in [0.2, 0.25) is 0 Å². The molecule has 0 aliphatic carbocycles. The Morgan fingerprint density at radius 1 is 2.00 bits per heavy atom. The minimum Gasteiger partial charge on any atom is -0.350 e. The molecule has 0 saturated carbocycles. The normalized spacial score (nSPS) is 18.3. The average Bonchev–Trinajstić information content (AvgIpc) is 1.86. The van der Waals surface area contributed by atoms with Crippen molar-refractivity contribution in [2.75, 3.05) is 0 Å². The van der Waals surface area contributed by atoms with E-state index in [1.54, 1.807) is 6.21 Å². The first-order chi connectivity index (χ1) is 2.89. The SMILES string of the molecule is S=C1CC=NO1. The van der Waals surface area contributed by atoms with E-state index in [0.29, 0.717) is 11.5 Å². The zero-order valence-corrected chi connectivity index (χ0v) is 3.86. The fourth-order valence-electron chi connectivity index (χ4n) is 0.245. The van der Waals surface area contributed by atoms with Crippen molar-refractivity contribution < 1.29 is 4.84 Å². The number of nitrogens with zero attached hydrogens (tertiary/aromatic N) is 1. The van der Waals surface area contributed by atoms with E-state index in [1.807, 2.05) is 0 Å². The lowest BCUT2D eigenvalue weighted by Crippen LogP contribution is -1.84. The Bertz CT molecular complexity index is 89.0. The lowest BCUT2D eigenvalue weighted by molar-refractivity contribution is 0.349. The minimum atomic E-state index is 0.565. The molecule has 1 aliphatic heterocycles. The van der Waals surface area contributed by atoms with Gasteiger partial charge in [-0.1, -0.05) is 5.16 Å². The molecule has 0 bridgehead atoms. The van der Waals surface area contributed by atoms with Crippen LogP contribution < -0.4 is 0 Å². The molecule has 0 atom stereocenters. The van der Waals surface area contributed by atoms with Gasteiger partial charge in [0, 0.05) is 0 Å². The highest BCUT2D eigenvalue weighted by molar-refractivity contribution is 7.80. The van der Waals surface area contributed by atoms with E-state index in [0.717, 1.165) is 0 Å². The number of hydrogen-bond donors (Lipinski definition) is 0. The first-order valence-electron chi connectivity index (χ1n) is 1.61. The van der Waals surface area contributed by atoms with Crippen LogP contribution in [0.3, 0.4) is 0 Å². The molecule has 3 heteroatoms.